The molecule has 4 aromatic rings. The molecule has 0 aliphatic heterocycles. The normalized spacial score (nSPS) is 17.6. The van der Waals surface area contributed by atoms with Crippen LogP contribution in [0.4, 0.5) is 8.78 Å². The lowest BCUT2D eigenvalue weighted by atomic mass is 9.96. The van der Waals surface area contributed by atoms with E-state index in [0.29, 0.717) is 17.0 Å². The summed E-state index contributed by atoms with van der Waals surface area (Å²) in [6.45, 7) is 2.44. The molecule has 1 aliphatic rings. The maximum atomic E-state index is 14.9. The van der Waals surface area contributed by atoms with Gasteiger partial charge in [0, 0.05) is 56.5 Å². The maximum absolute atomic E-state index is 14.9. The first-order valence-electron chi connectivity index (χ1n) is 10.6. The first kappa shape index (κ1) is 22.0. The minimum atomic E-state index is -1.09. The zero-order chi connectivity index (χ0) is 23.3. The van der Waals surface area contributed by atoms with Crippen molar-refractivity contribution in [2.75, 3.05) is 0 Å². The fraction of sp³-hybridized carbons (Fsp3) is 0.250. The molecule has 2 N–H and O–H groups in total. The molecule has 33 heavy (non-hydrogen) atoms. The molecule has 0 amide bonds. The Kier molecular flexibility index (Phi) is 5.66. The van der Waals surface area contributed by atoms with Crippen molar-refractivity contribution in [2.45, 2.75) is 47.4 Å². The number of aromatic amines is 1. The number of nitrogens with one attached hydrogen (secondary N) is 1. The van der Waals surface area contributed by atoms with Crippen molar-refractivity contribution >= 4 is 40.2 Å². The summed E-state index contributed by atoms with van der Waals surface area (Å²) in [6, 6.07) is 8.63. The number of carbonyl (C=O) groups is 1. The van der Waals surface area contributed by atoms with E-state index in [0.717, 1.165) is 33.3 Å². The lowest BCUT2D eigenvalue weighted by molar-refractivity contribution is -0.136. The van der Waals surface area contributed by atoms with Crippen molar-refractivity contribution in [1.82, 2.24) is 14.8 Å². The van der Waals surface area contributed by atoms with Crippen molar-refractivity contribution in [3.05, 3.63) is 65.6 Å². The Morgan fingerprint density at radius 2 is 2.09 bits per heavy atom. The zero-order valence-electron chi connectivity index (χ0n) is 17.6. The summed E-state index contributed by atoms with van der Waals surface area (Å²) in [5, 5.41) is 13.8. The monoisotopic (exact) mass is 487 g/mol. The van der Waals surface area contributed by atoms with Crippen LogP contribution in [0.1, 0.15) is 30.4 Å². The third-order valence-corrected chi connectivity index (χ3v) is 7.45. The number of halogens is 3. The summed E-state index contributed by atoms with van der Waals surface area (Å²) in [4.78, 5) is 15.4. The number of carboxylic acids is 1. The molecule has 1 saturated carbocycles. The van der Waals surface area contributed by atoms with Crippen LogP contribution in [0.15, 0.2) is 52.5 Å². The average Bonchev–Trinajstić information content (AvgIpc) is 3.19. The second-order valence-corrected chi connectivity index (χ2v) is 9.70. The molecule has 2 aromatic carbocycles. The van der Waals surface area contributed by atoms with E-state index in [9.17, 15) is 13.6 Å². The summed E-state index contributed by atoms with van der Waals surface area (Å²) in [7, 11) is 0. The van der Waals surface area contributed by atoms with Crippen molar-refractivity contribution in [2.24, 2.45) is 0 Å². The number of alkyl halides is 1. The third kappa shape index (κ3) is 4.02. The van der Waals surface area contributed by atoms with Crippen LogP contribution in [0.3, 0.4) is 0 Å². The fourth-order valence-corrected chi connectivity index (χ4v) is 5.47. The molecule has 5 rings (SSSR count). The number of hydrogen-bond donors (Lipinski definition) is 2. The highest BCUT2D eigenvalue weighted by molar-refractivity contribution is 7.99. The number of benzene rings is 2. The number of aryl methyl sites for hydroxylation is 1. The van der Waals surface area contributed by atoms with Crippen LogP contribution in [0.25, 0.3) is 22.0 Å². The highest BCUT2D eigenvalue weighted by Crippen LogP contribution is 2.51. The van der Waals surface area contributed by atoms with Gasteiger partial charge in [0.15, 0.2) is 0 Å². The van der Waals surface area contributed by atoms with Crippen LogP contribution < -0.4 is 0 Å². The van der Waals surface area contributed by atoms with Gasteiger partial charge in [-0.1, -0.05) is 36.0 Å². The summed E-state index contributed by atoms with van der Waals surface area (Å²) in [5.41, 5.74) is 2.96. The largest absolute Gasteiger partial charge is 0.481 e. The van der Waals surface area contributed by atoms with Crippen LogP contribution in [-0.4, -0.2) is 31.2 Å². The van der Waals surface area contributed by atoms with Gasteiger partial charge in [-0.3, -0.25) is 9.48 Å². The number of aromatic nitrogens is 3. The van der Waals surface area contributed by atoms with Gasteiger partial charge in [-0.25, -0.2) is 4.39 Å². The number of rotatable bonds is 7. The van der Waals surface area contributed by atoms with Crippen LogP contribution in [-0.2, 0) is 17.8 Å². The van der Waals surface area contributed by atoms with E-state index in [2.05, 4.69) is 10.1 Å². The minimum absolute atomic E-state index is 0.0142. The van der Waals surface area contributed by atoms with E-state index < -0.39 is 17.7 Å². The molecule has 2 unspecified atom stereocenters. The number of aliphatic carboxylic acids is 1. The SMILES string of the molecule is CCn1cc(-c2c(C3CC3Cl)ccc3c(Sc4cccc(CC(=O)O)c4F)c[nH]c23)c(F)n1. The molecule has 5 nitrogen and oxygen atoms in total. The van der Waals surface area contributed by atoms with Gasteiger partial charge in [0.2, 0.25) is 5.95 Å². The van der Waals surface area contributed by atoms with E-state index in [1.54, 1.807) is 29.2 Å². The molecular formula is C24H20ClF2N3O2S. The predicted octanol–water partition coefficient (Wildman–Crippen LogP) is 6.20. The first-order valence-corrected chi connectivity index (χ1v) is 11.8. The topological polar surface area (TPSA) is 70.9 Å². The standard InChI is InChI=1S/C24H20ClF2N3O2S/c1-2-30-11-16(24(27)29-30)21-13(15-9-17(15)25)6-7-14-19(10-28-23(14)21)33-18-5-3-4-12(22(18)26)8-20(31)32/h3-7,10-11,15,17,28H,2,8-9H2,1H3,(H,31,32). The van der Waals surface area contributed by atoms with Gasteiger partial charge in [0.25, 0.3) is 0 Å². The van der Waals surface area contributed by atoms with Gasteiger partial charge in [-0.15, -0.1) is 16.7 Å². The number of hydrogen-bond acceptors (Lipinski definition) is 3. The van der Waals surface area contributed by atoms with Crippen LogP contribution in [0.5, 0.6) is 0 Å². The fourth-order valence-electron chi connectivity index (χ4n) is 4.14. The van der Waals surface area contributed by atoms with Gasteiger partial charge < -0.3 is 10.1 Å². The quantitative estimate of drug-likeness (QED) is 0.304. The van der Waals surface area contributed by atoms with E-state index >= 15 is 0 Å². The minimum Gasteiger partial charge on any atom is -0.481 e. The molecule has 2 aromatic heterocycles. The third-order valence-electron chi connectivity index (χ3n) is 5.88. The van der Waals surface area contributed by atoms with Gasteiger partial charge in [0.1, 0.15) is 5.82 Å². The van der Waals surface area contributed by atoms with E-state index in [1.807, 2.05) is 19.1 Å². The number of H-pyrrole nitrogens is 1. The second-order valence-electron chi connectivity index (χ2n) is 8.05. The summed E-state index contributed by atoms with van der Waals surface area (Å²) in [5.74, 6) is -2.05. The van der Waals surface area contributed by atoms with Crippen molar-refractivity contribution < 1.29 is 18.7 Å². The van der Waals surface area contributed by atoms with E-state index in [4.69, 9.17) is 16.7 Å². The van der Waals surface area contributed by atoms with Crippen molar-refractivity contribution in [3.8, 4) is 11.1 Å². The van der Waals surface area contributed by atoms with Gasteiger partial charge >= 0.3 is 5.97 Å². The molecule has 0 saturated heterocycles. The molecule has 0 bridgehead atoms. The Bertz CT molecular complexity index is 1380. The predicted molar refractivity (Wildman–Crippen MR) is 124 cm³/mol. The highest BCUT2D eigenvalue weighted by Gasteiger charge is 2.39. The molecule has 1 aliphatic carbocycles. The Morgan fingerprint density at radius 3 is 2.76 bits per heavy atom. The van der Waals surface area contributed by atoms with Crippen LogP contribution in [0, 0.1) is 11.8 Å². The van der Waals surface area contributed by atoms with Gasteiger partial charge in [-0.2, -0.15) is 4.39 Å². The maximum Gasteiger partial charge on any atom is 0.307 e. The Balaban J connectivity index is 1.61. The molecule has 9 heteroatoms. The summed E-state index contributed by atoms with van der Waals surface area (Å²) < 4.78 is 31.3. The van der Waals surface area contributed by atoms with Crippen molar-refractivity contribution in [1.29, 1.82) is 0 Å². The number of nitrogens with zero attached hydrogens (tertiary/aromatic N) is 2. The van der Waals surface area contributed by atoms with Gasteiger partial charge in [-0.05, 0) is 25.0 Å². The van der Waals surface area contributed by atoms with Crippen LogP contribution in [0.2, 0.25) is 0 Å². The summed E-state index contributed by atoms with van der Waals surface area (Å²) in [6.07, 6.45) is 3.90. The van der Waals surface area contributed by atoms with Crippen LogP contribution >= 0.6 is 23.4 Å². The molecule has 2 atom stereocenters. The smallest absolute Gasteiger partial charge is 0.307 e. The Morgan fingerprint density at radius 1 is 1.30 bits per heavy atom. The highest BCUT2D eigenvalue weighted by atomic mass is 35.5. The van der Waals surface area contributed by atoms with Crippen molar-refractivity contribution in [3.63, 3.8) is 0 Å². The zero-order valence-corrected chi connectivity index (χ0v) is 19.2. The number of fused-ring (bicyclic) bond motifs is 1. The Labute approximate surface area is 197 Å². The molecule has 1 fully saturated rings. The van der Waals surface area contributed by atoms with E-state index in [1.165, 1.54) is 17.8 Å². The molecule has 170 valence electrons. The lowest BCUT2D eigenvalue weighted by Crippen LogP contribution is -2.03. The molecule has 0 radical (unpaired) electrons. The second kappa shape index (κ2) is 8.50. The lowest BCUT2D eigenvalue weighted by Gasteiger charge is -2.10. The number of carboxylic acid groups (broad SMARTS) is 1. The molecule has 2 heterocycles. The molecular weight excluding hydrogens is 468 g/mol. The summed E-state index contributed by atoms with van der Waals surface area (Å²) >= 11 is 7.54. The van der Waals surface area contributed by atoms with Gasteiger partial charge in [0.05, 0.1) is 17.5 Å². The average molecular weight is 488 g/mol. The molecule has 0 spiro atoms. The Hall–Kier alpha value is -2.84. The van der Waals surface area contributed by atoms with E-state index in [-0.39, 0.29) is 23.3 Å². The first-order chi connectivity index (χ1) is 15.9.